The first-order chi connectivity index (χ1) is 12.1. The van der Waals surface area contributed by atoms with Crippen LogP contribution in [0.25, 0.3) is 6.08 Å². The van der Waals surface area contributed by atoms with Crippen molar-refractivity contribution < 1.29 is 23.8 Å². The van der Waals surface area contributed by atoms with Gasteiger partial charge in [0.05, 0.1) is 21.3 Å². The number of nitrogens with one attached hydrogen (secondary N) is 1. The average molecular weight is 349 g/mol. The molecule has 6 heteroatoms. The van der Waals surface area contributed by atoms with Crippen LogP contribution in [0.2, 0.25) is 0 Å². The van der Waals surface area contributed by atoms with Crippen molar-refractivity contribution >= 4 is 18.0 Å². The van der Waals surface area contributed by atoms with E-state index in [9.17, 15) is 9.59 Å². The van der Waals surface area contributed by atoms with Gasteiger partial charge in [-0.05, 0) is 37.1 Å². The van der Waals surface area contributed by atoms with Crippen LogP contribution in [0.15, 0.2) is 24.3 Å². The first kappa shape index (κ1) is 20.5. The third-order valence-corrected chi connectivity index (χ3v) is 3.69. The molecule has 0 aliphatic rings. The minimum atomic E-state index is -0.175. The molecule has 1 rings (SSSR count). The van der Waals surface area contributed by atoms with Gasteiger partial charge in [-0.3, -0.25) is 9.59 Å². The summed E-state index contributed by atoms with van der Waals surface area (Å²) in [4.78, 5) is 22.8. The first-order valence-corrected chi connectivity index (χ1v) is 8.35. The molecular formula is C19H27NO5. The van der Waals surface area contributed by atoms with Crippen LogP contribution < -0.4 is 14.8 Å². The molecule has 0 unspecified atom stereocenters. The van der Waals surface area contributed by atoms with E-state index in [0.717, 1.165) is 31.2 Å². The molecule has 0 radical (unpaired) electrons. The lowest BCUT2D eigenvalue weighted by molar-refractivity contribution is -0.140. The second-order valence-electron chi connectivity index (χ2n) is 5.47. The summed E-state index contributed by atoms with van der Waals surface area (Å²) < 4.78 is 15.0. The molecule has 0 atom stereocenters. The fourth-order valence-electron chi connectivity index (χ4n) is 2.26. The summed E-state index contributed by atoms with van der Waals surface area (Å²) in [5.74, 6) is 1.05. The molecule has 1 N–H and O–H groups in total. The highest BCUT2D eigenvalue weighted by atomic mass is 16.5. The molecule has 0 saturated heterocycles. The number of hydrogen-bond donors (Lipinski definition) is 1. The second kappa shape index (κ2) is 11.9. The van der Waals surface area contributed by atoms with E-state index in [1.54, 1.807) is 32.4 Å². The maximum atomic E-state index is 11.9. The zero-order valence-electron chi connectivity index (χ0n) is 15.2. The lowest BCUT2D eigenvalue weighted by atomic mass is 10.1. The third-order valence-electron chi connectivity index (χ3n) is 3.69. The van der Waals surface area contributed by atoms with Crippen LogP contribution >= 0.6 is 0 Å². The van der Waals surface area contributed by atoms with E-state index >= 15 is 0 Å². The fourth-order valence-corrected chi connectivity index (χ4v) is 2.26. The molecule has 0 spiro atoms. The number of carbonyl (C=O) groups is 2. The number of amides is 1. The SMILES string of the molecule is COC(=O)CCCCCCNC(=O)/C=C/c1cc(OC)ccc1OC. The Labute approximate surface area is 149 Å². The second-order valence-corrected chi connectivity index (χ2v) is 5.47. The van der Waals surface area contributed by atoms with Gasteiger partial charge in [0.2, 0.25) is 5.91 Å². The molecule has 138 valence electrons. The molecule has 1 amide bonds. The smallest absolute Gasteiger partial charge is 0.305 e. The molecule has 1 aromatic rings. The highest BCUT2D eigenvalue weighted by Gasteiger charge is 2.03. The summed E-state index contributed by atoms with van der Waals surface area (Å²) in [6.45, 7) is 0.608. The van der Waals surface area contributed by atoms with Gasteiger partial charge in [0, 0.05) is 24.6 Å². The Balaban J connectivity index is 2.30. The van der Waals surface area contributed by atoms with Crippen molar-refractivity contribution in [3.05, 3.63) is 29.8 Å². The van der Waals surface area contributed by atoms with Crippen molar-refractivity contribution in [2.75, 3.05) is 27.9 Å². The highest BCUT2D eigenvalue weighted by Crippen LogP contribution is 2.24. The standard InChI is InChI=1S/C19H27NO5/c1-23-16-10-11-17(24-2)15(14-16)9-12-18(21)20-13-7-5-4-6-8-19(22)25-3/h9-12,14H,4-8,13H2,1-3H3,(H,20,21)/b12-9+. The van der Waals surface area contributed by atoms with Crippen LogP contribution in [0.3, 0.4) is 0 Å². The van der Waals surface area contributed by atoms with Gasteiger partial charge in [0.25, 0.3) is 0 Å². The number of carbonyl (C=O) groups excluding carboxylic acids is 2. The first-order valence-electron chi connectivity index (χ1n) is 8.35. The van der Waals surface area contributed by atoms with Crippen LogP contribution in [-0.4, -0.2) is 39.8 Å². The van der Waals surface area contributed by atoms with E-state index in [-0.39, 0.29) is 11.9 Å². The summed E-state index contributed by atoms with van der Waals surface area (Å²) in [5, 5.41) is 2.84. The van der Waals surface area contributed by atoms with Gasteiger partial charge in [0.15, 0.2) is 0 Å². The maximum absolute atomic E-state index is 11.9. The monoisotopic (exact) mass is 349 g/mol. The molecule has 0 heterocycles. The molecule has 0 aliphatic heterocycles. The quantitative estimate of drug-likeness (QED) is 0.378. The largest absolute Gasteiger partial charge is 0.497 e. The third kappa shape index (κ3) is 8.24. The number of rotatable bonds is 11. The van der Waals surface area contributed by atoms with E-state index in [1.807, 2.05) is 6.07 Å². The van der Waals surface area contributed by atoms with Crippen molar-refractivity contribution in [2.24, 2.45) is 0 Å². The summed E-state index contributed by atoms with van der Waals surface area (Å²) in [6, 6.07) is 5.41. The topological polar surface area (TPSA) is 73.9 Å². The molecule has 0 bridgehead atoms. The van der Waals surface area contributed by atoms with Crippen molar-refractivity contribution in [3.8, 4) is 11.5 Å². The van der Waals surface area contributed by atoms with Crippen molar-refractivity contribution in [2.45, 2.75) is 32.1 Å². The molecule has 25 heavy (non-hydrogen) atoms. The zero-order chi connectivity index (χ0) is 18.5. The molecule has 0 saturated carbocycles. The average Bonchev–Trinajstić information content (AvgIpc) is 2.64. The van der Waals surface area contributed by atoms with Gasteiger partial charge < -0.3 is 19.5 Å². The van der Waals surface area contributed by atoms with Gasteiger partial charge in [-0.25, -0.2) is 0 Å². The molecule has 0 aromatic heterocycles. The van der Waals surface area contributed by atoms with Crippen LogP contribution in [0.1, 0.15) is 37.7 Å². The molecule has 6 nitrogen and oxygen atoms in total. The number of esters is 1. The minimum Gasteiger partial charge on any atom is -0.497 e. The Morgan fingerprint density at radius 3 is 2.48 bits per heavy atom. The van der Waals surface area contributed by atoms with E-state index in [2.05, 4.69) is 10.1 Å². The van der Waals surface area contributed by atoms with E-state index in [4.69, 9.17) is 9.47 Å². The zero-order valence-corrected chi connectivity index (χ0v) is 15.2. The Hall–Kier alpha value is -2.50. The highest BCUT2D eigenvalue weighted by molar-refractivity contribution is 5.92. The minimum absolute atomic E-state index is 0.153. The van der Waals surface area contributed by atoms with E-state index in [1.165, 1.54) is 13.2 Å². The van der Waals surface area contributed by atoms with Crippen molar-refractivity contribution in [1.29, 1.82) is 0 Å². The van der Waals surface area contributed by atoms with Gasteiger partial charge in [-0.15, -0.1) is 0 Å². The predicted molar refractivity (Wildman–Crippen MR) is 96.7 cm³/mol. The number of benzene rings is 1. The van der Waals surface area contributed by atoms with Crippen LogP contribution in [0.5, 0.6) is 11.5 Å². The Morgan fingerprint density at radius 2 is 1.80 bits per heavy atom. The van der Waals surface area contributed by atoms with E-state index in [0.29, 0.717) is 24.5 Å². The lowest BCUT2D eigenvalue weighted by Crippen LogP contribution is -2.21. The summed E-state index contributed by atoms with van der Waals surface area (Å²) in [6.07, 6.45) is 7.24. The Morgan fingerprint density at radius 1 is 1.04 bits per heavy atom. The van der Waals surface area contributed by atoms with Gasteiger partial charge in [-0.2, -0.15) is 0 Å². The number of ether oxygens (including phenoxy) is 3. The van der Waals surface area contributed by atoms with Crippen LogP contribution in [0, 0.1) is 0 Å². The molecule has 0 aliphatic carbocycles. The molecule has 0 fully saturated rings. The van der Waals surface area contributed by atoms with Crippen LogP contribution in [0.4, 0.5) is 0 Å². The Bertz CT molecular complexity index is 583. The fraction of sp³-hybridized carbons (Fsp3) is 0.474. The lowest BCUT2D eigenvalue weighted by Gasteiger charge is -2.07. The molecular weight excluding hydrogens is 322 g/mol. The Kier molecular flexibility index (Phi) is 9.82. The summed E-state index contributed by atoms with van der Waals surface area (Å²) >= 11 is 0. The van der Waals surface area contributed by atoms with Crippen molar-refractivity contribution in [3.63, 3.8) is 0 Å². The van der Waals surface area contributed by atoms with Crippen LogP contribution in [-0.2, 0) is 14.3 Å². The van der Waals surface area contributed by atoms with Gasteiger partial charge in [-0.1, -0.05) is 12.8 Å². The summed E-state index contributed by atoms with van der Waals surface area (Å²) in [7, 11) is 4.57. The predicted octanol–water partition coefficient (Wildman–Crippen LogP) is 2.96. The van der Waals surface area contributed by atoms with Crippen molar-refractivity contribution in [1.82, 2.24) is 5.32 Å². The molecule has 1 aromatic carbocycles. The van der Waals surface area contributed by atoms with Gasteiger partial charge >= 0.3 is 5.97 Å². The maximum Gasteiger partial charge on any atom is 0.305 e. The number of methoxy groups -OCH3 is 3. The number of hydrogen-bond acceptors (Lipinski definition) is 5. The summed E-state index contributed by atoms with van der Waals surface area (Å²) in [5.41, 5.74) is 0.778. The van der Waals surface area contributed by atoms with Gasteiger partial charge in [0.1, 0.15) is 11.5 Å². The van der Waals surface area contributed by atoms with E-state index < -0.39 is 0 Å². The normalized spacial score (nSPS) is 10.5. The number of unbranched alkanes of at least 4 members (excludes halogenated alkanes) is 3.